The van der Waals surface area contributed by atoms with E-state index < -0.39 is 5.97 Å². The Morgan fingerprint density at radius 1 is 0.852 bits per heavy atom. The molecular weight excluding hydrogens is 340 g/mol. The maximum Gasteiger partial charge on any atom is 0.328 e. The summed E-state index contributed by atoms with van der Waals surface area (Å²) in [5.41, 5.74) is 2.77. The predicted octanol–water partition coefficient (Wildman–Crippen LogP) is 5.29. The van der Waals surface area contributed by atoms with Gasteiger partial charge in [0.1, 0.15) is 11.5 Å². The van der Waals surface area contributed by atoms with Crippen molar-refractivity contribution in [3.63, 3.8) is 0 Å². The molecule has 4 heteroatoms. The van der Waals surface area contributed by atoms with Crippen LogP contribution in [0, 0.1) is 0 Å². The Bertz CT molecular complexity index is 916. The first kappa shape index (κ1) is 18.4. The highest BCUT2D eigenvalue weighted by Crippen LogP contribution is 2.22. The highest BCUT2D eigenvalue weighted by molar-refractivity contribution is 5.85. The molecule has 0 aromatic heterocycles. The van der Waals surface area contributed by atoms with Gasteiger partial charge in [0.25, 0.3) is 0 Å². The molecule has 0 aliphatic rings. The molecule has 0 fully saturated rings. The standard InChI is InChI=1S/C23H20O4/c24-23(25)14-13-19-8-4-5-9-20(19)17-26-16-18-7-6-12-22(15-18)27-21-10-2-1-3-11-21/h1-15H,16-17H2,(H,24,25)/b14-13+. The Balaban J connectivity index is 1.60. The first-order valence-corrected chi connectivity index (χ1v) is 8.59. The molecule has 0 saturated carbocycles. The summed E-state index contributed by atoms with van der Waals surface area (Å²) in [4.78, 5) is 10.7. The fourth-order valence-electron chi connectivity index (χ4n) is 2.59. The lowest BCUT2D eigenvalue weighted by molar-refractivity contribution is -0.131. The van der Waals surface area contributed by atoms with Gasteiger partial charge < -0.3 is 14.6 Å². The van der Waals surface area contributed by atoms with Gasteiger partial charge in [-0.3, -0.25) is 0 Å². The van der Waals surface area contributed by atoms with Crippen molar-refractivity contribution >= 4 is 12.0 Å². The monoisotopic (exact) mass is 360 g/mol. The zero-order valence-corrected chi connectivity index (χ0v) is 14.7. The van der Waals surface area contributed by atoms with Crippen LogP contribution in [0.4, 0.5) is 0 Å². The van der Waals surface area contributed by atoms with E-state index in [1.165, 1.54) is 0 Å². The normalized spacial score (nSPS) is 10.8. The van der Waals surface area contributed by atoms with Crippen molar-refractivity contribution in [3.05, 3.63) is 102 Å². The number of carbonyl (C=O) groups is 1. The Labute approximate surface area is 158 Å². The summed E-state index contributed by atoms with van der Waals surface area (Å²) in [5, 5.41) is 8.79. The first-order chi connectivity index (χ1) is 13.2. The number of hydrogen-bond donors (Lipinski definition) is 1. The smallest absolute Gasteiger partial charge is 0.328 e. The van der Waals surface area contributed by atoms with Crippen LogP contribution >= 0.6 is 0 Å². The van der Waals surface area contributed by atoms with Crippen LogP contribution in [0.3, 0.4) is 0 Å². The largest absolute Gasteiger partial charge is 0.478 e. The average Bonchev–Trinajstić information content (AvgIpc) is 2.68. The van der Waals surface area contributed by atoms with Crippen LogP contribution in [0.1, 0.15) is 16.7 Å². The molecule has 0 radical (unpaired) electrons. The van der Waals surface area contributed by atoms with E-state index in [2.05, 4.69) is 0 Å². The summed E-state index contributed by atoms with van der Waals surface area (Å²) in [6.45, 7) is 0.826. The van der Waals surface area contributed by atoms with E-state index in [4.69, 9.17) is 14.6 Å². The molecule has 0 saturated heterocycles. The lowest BCUT2D eigenvalue weighted by Gasteiger charge is -2.10. The van der Waals surface area contributed by atoms with Gasteiger partial charge in [-0.15, -0.1) is 0 Å². The zero-order chi connectivity index (χ0) is 18.9. The molecule has 3 aromatic rings. The van der Waals surface area contributed by atoms with Crippen molar-refractivity contribution < 1.29 is 19.4 Å². The van der Waals surface area contributed by atoms with Gasteiger partial charge in [0.15, 0.2) is 0 Å². The van der Waals surface area contributed by atoms with Gasteiger partial charge in [-0.1, -0.05) is 54.6 Å². The number of carboxylic acid groups (broad SMARTS) is 1. The third kappa shape index (κ3) is 5.83. The fourth-order valence-corrected chi connectivity index (χ4v) is 2.59. The third-order valence-corrected chi connectivity index (χ3v) is 3.86. The van der Waals surface area contributed by atoms with E-state index in [1.807, 2.05) is 78.9 Å². The minimum atomic E-state index is -0.971. The SMILES string of the molecule is O=C(O)/C=C/c1ccccc1COCc1cccc(Oc2ccccc2)c1. The van der Waals surface area contributed by atoms with Gasteiger partial charge >= 0.3 is 5.97 Å². The summed E-state index contributed by atoms with van der Waals surface area (Å²) in [6, 6.07) is 25.0. The summed E-state index contributed by atoms with van der Waals surface area (Å²) in [5.74, 6) is 0.572. The van der Waals surface area contributed by atoms with Crippen molar-refractivity contribution in [2.24, 2.45) is 0 Å². The van der Waals surface area contributed by atoms with E-state index >= 15 is 0 Å². The topological polar surface area (TPSA) is 55.8 Å². The summed E-state index contributed by atoms with van der Waals surface area (Å²) in [6.07, 6.45) is 2.71. The van der Waals surface area contributed by atoms with Crippen molar-refractivity contribution in [2.45, 2.75) is 13.2 Å². The molecule has 0 heterocycles. The van der Waals surface area contributed by atoms with E-state index in [-0.39, 0.29) is 0 Å². The minimum absolute atomic E-state index is 0.393. The lowest BCUT2D eigenvalue weighted by Crippen LogP contribution is -1.97. The van der Waals surface area contributed by atoms with Gasteiger partial charge in [0.05, 0.1) is 13.2 Å². The number of aliphatic carboxylic acids is 1. The second kappa shape index (κ2) is 9.36. The molecular formula is C23H20O4. The summed E-state index contributed by atoms with van der Waals surface area (Å²) >= 11 is 0. The van der Waals surface area contributed by atoms with Crippen LogP contribution < -0.4 is 4.74 Å². The summed E-state index contributed by atoms with van der Waals surface area (Å²) in [7, 11) is 0. The van der Waals surface area contributed by atoms with Gasteiger partial charge in [0.2, 0.25) is 0 Å². The van der Waals surface area contributed by atoms with Crippen LogP contribution in [0.15, 0.2) is 84.9 Å². The number of rotatable bonds is 8. The van der Waals surface area contributed by atoms with Gasteiger partial charge in [0, 0.05) is 6.08 Å². The van der Waals surface area contributed by atoms with Gasteiger partial charge in [-0.25, -0.2) is 4.79 Å². The van der Waals surface area contributed by atoms with Crippen molar-refractivity contribution in [2.75, 3.05) is 0 Å². The fraction of sp³-hybridized carbons (Fsp3) is 0.0870. The van der Waals surface area contributed by atoms with Crippen molar-refractivity contribution in [1.82, 2.24) is 0 Å². The number of hydrogen-bond acceptors (Lipinski definition) is 3. The quantitative estimate of drug-likeness (QED) is 0.554. The number of benzene rings is 3. The Morgan fingerprint density at radius 3 is 2.41 bits per heavy atom. The predicted molar refractivity (Wildman–Crippen MR) is 105 cm³/mol. The van der Waals surface area contributed by atoms with E-state index in [9.17, 15) is 4.79 Å². The summed E-state index contributed by atoms with van der Waals surface area (Å²) < 4.78 is 11.7. The molecule has 0 aliphatic heterocycles. The Hall–Kier alpha value is -3.37. The minimum Gasteiger partial charge on any atom is -0.478 e. The maximum absolute atomic E-state index is 10.7. The van der Waals surface area contributed by atoms with Crippen LogP contribution in [0.5, 0.6) is 11.5 Å². The number of carboxylic acids is 1. The second-order valence-corrected chi connectivity index (χ2v) is 5.93. The molecule has 0 atom stereocenters. The number of para-hydroxylation sites is 1. The Kier molecular flexibility index (Phi) is 6.39. The second-order valence-electron chi connectivity index (χ2n) is 5.93. The molecule has 27 heavy (non-hydrogen) atoms. The van der Waals surface area contributed by atoms with Gasteiger partial charge in [-0.05, 0) is 47.0 Å². The molecule has 136 valence electrons. The van der Waals surface area contributed by atoms with E-state index in [1.54, 1.807) is 6.08 Å². The van der Waals surface area contributed by atoms with Gasteiger partial charge in [-0.2, -0.15) is 0 Å². The third-order valence-electron chi connectivity index (χ3n) is 3.86. The molecule has 0 bridgehead atoms. The highest BCUT2D eigenvalue weighted by atomic mass is 16.5. The number of ether oxygens (including phenoxy) is 2. The molecule has 3 rings (SSSR count). The molecule has 4 nitrogen and oxygen atoms in total. The van der Waals surface area contributed by atoms with E-state index in [0.29, 0.717) is 13.2 Å². The lowest BCUT2D eigenvalue weighted by atomic mass is 10.1. The molecule has 0 aliphatic carbocycles. The van der Waals surface area contributed by atoms with E-state index in [0.717, 1.165) is 34.3 Å². The first-order valence-electron chi connectivity index (χ1n) is 8.59. The van der Waals surface area contributed by atoms with Crippen molar-refractivity contribution in [1.29, 1.82) is 0 Å². The molecule has 3 aromatic carbocycles. The molecule has 0 amide bonds. The maximum atomic E-state index is 10.7. The highest BCUT2D eigenvalue weighted by Gasteiger charge is 2.02. The molecule has 1 N–H and O–H groups in total. The van der Waals surface area contributed by atoms with Crippen LogP contribution in [-0.4, -0.2) is 11.1 Å². The van der Waals surface area contributed by atoms with Crippen LogP contribution in [0.25, 0.3) is 6.08 Å². The zero-order valence-electron chi connectivity index (χ0n) is 14.7. The Morgan fingerprint density at radius 2 is 1.59 bits per heavy atom. The molecule has 0 unspecified atom stereocenters. The van der Waals surface area contributed by atoms with Crippen molar-refractivity contribution in [3.8, 4) is 11.5 Å². The molecule has 0 spiro atoms. The average molecular weight is 360 g/mol. The van der Waals surface area contributed by atoms with Crippen LogP contribution in [0.2, 0.25) is 0 Å². The van der Waals surface area contributed by atoms with Crippen LogP contribution in [-0.2, 0) is 22.7 Å².